The summed E-state index contributed by atoms with van der Waals surface area (Å²) in [5.41, 5.74) is 0. The van der Waals surface area contributed by atoms with Crippen molar-refractivity contribution in [1.29, 1.82) is 0 Å². The van der Waals surface area contributed by atoms with Gasteiger partial charge in [0.1, 0.15) is 0 Å². The molecule has 8 heavy (non-hydrogen) atoms. The van der Waals surface area contributed by atoms with E-state index in [1.165, 1.54) is 0 Å². The fraction of sp³-hybridized carbons (Fsp3) is 0.750. The standard InChI is InChI=1S/C4H8O2.K.H2O/c1-3(2)4(5)6;;/h3H,1-2H3,(H,5,6);;1H2/q;+1;/p-1. The Morgan fingerprint density at radius 2 is 1.62 bits per heavy atom. The number of carboxylic acid groups (broad SMARTS) is 1. The molecule has 0 heterocycles. The van der Waals surface area contributed by atoms with Crippen molar-refractivity contribution in [3.63, 3.8) is 0 Å². The van der Waals surface area contributed by atoms with Gasteiger partial charge >= 0.3 is 51.4 Å². The average molecular weight is 144 g/mol. The molecule has 0 aromatic heterocycles. The summed E-state index contributed by atoms with van der Waals surface area (Å²) in [6.45, 7) is 3.16. The van der Waals surface area contributed by atoms with Crippen LogP contribution in [0.25, 0.3) is 0 Å². The number of hydrogen-bond donors (Lipinski definition) is 0. The number of hydrogen-bond acceptors (Lipinski definition) is 2. The first-order valence-electron chi connectivity index (χ1n) is 1.85. The topological polar surface area (TPSA) is 71.6 Å². The molecular weight excluding hydrogens is 135 g/mol. The first kappa shape index (κ1) is 16.0. The molecular formula is C4H9KO3. The molecule has 0 saturated carbocycles. The zero-order valence-corrected chi connectivity index (χ0v) is 8.52. The third-order valence-corrected chi connectivity index (χ3v) is 0.471. The van der Waals surface area contributed by atoms with Crippen LogP contribution in [0.1, 0.15) is 13.8 Å². The van der Waals surface area contributed by atoms with Gasteiger partial charge in [-0.05, 0) is 5.92 Å². The van der Waals surface area contributed by atoms with Crippen molar-refractivity contribution in [1.82, 2.24) is 0 Å². The van der Waals surface area contributed by atoms with Gasteiger partial charge in [-0.2, -0.15) is 0 Å². The van der Waals surface area contributed by atoms with E-state index >= 15 is 0 Å². The molecule has 0 aromatic carbocycles. The van der Waals surface area contributed by atoms with Crippen molar-refractivity contribution in [3.8, 4) is 0 Å². The summed E-state index contributed by atoms with van der Waals surface area (Å²) in [4.78, 5) is 9.59. The number of carbonyl (C=O) groups excluding carboxylic acids is 1. The number of carbonyl (C=O) groups is 1. The Labute approximate surface area is 91.2 Å². The van der Waals surface area contributed by atoms with E-state index in [0.29, 0.717) is 0 Å². The number of rotatable bonds is 1. The molecule has 2 N–H and O–H groups in total. The third-order valence-electron chi connectivity index (χ3n) is 0.471. The summed E-state index contributed by atoms with van der Waals surface area (Å²) in [5, 5.41) is 9.59. The monoisotopic (exact) mass is 144 g/mol. The van der Waals surface area contributed by atoms with Crippen LogP contribution < -0.4 is 56.5 Å². The summed E-state index contributed by atoms with van der Waals surface area (Å²) in [5.74, 6) is -1.33. The van der Waals surface area contributed by atoms with E-state index in [9.17, 15) is 9.90 Å². The molecule has 44 valence electrons. The van der Waals surface area contributed by atoms with Gasteiger partial charge in [0.2, 0.25) is 0 Å². The van der Waals surface area contributed by atoms with Gasteiger partial charge in [0.25, 0.3) is 0 Å². The second-order valence-electron chi connectivity index (χ2n) is 1.47. The second-order valence-corrected chi connectivity index (χ2v) is 1.47. The minimum Gasteiger partial charge on any atom is -0.550 e. The van der Waals surface area contributed by atoms with Crippen molar-refractivity contribution in [2.24, 2.45) is 5.92 Å². The van der Waals surface area contributed by atoms with Crippen molar-refractivity contribution >= 4 is 5.97 Å². The first-order valence-corrected chi connectivity index (χ1v) is 1.85. The zero-order valence-electron chi connectivity index (χ0n) is 5.39. The van der Waals surface area contributed by atoms with E-state index in [-0.39, 0.29) is 62.8 Å². The van der Waals surface area contributed by atoms with Crippen LogP contribution in [0, 0.1) is 5.92 Å². The summed E-state index contributed by atoms with van der Waals surface area (Å²) < 4.78 is 0. The maximum Gasteiger partial charge on any atom is 1.00 e. The Hall–Kier alpha value is 1.07. The third kappa shape index (κ3) is 10.1. The molecule has 0 bridgehead atoms. The maximum atomic E-state index is 9.59. The van der Waals surface area contributed by atoms with Crippen molar-refractivity contribution in [2.45, 2.75) is 13.8 Å². The molecule has 3 nitrogen and oxygen atoms in total. The van der Waals surface area contributed by atoms with Gasteiger partial charge < -0.3 is 15.4 Å². The Balaban J connectivity index is -0.000000125. The van der Waals surface area contributed by atoms with Crippen molar-refractivity contribution in [2.75, 3.05) is 0 Å². The van der Waals surface area contributed by atoms with E-state index < -0.39 is 5.97 Å². The summed E-state index contributed by atoms with van der Waals surface area (Å²) in [6, 6.07) is 0. The largest absolute Gasteiger partial charge is 1.00 e. The smallest absolute Gasteiger partial charge is 0.550 e. The van der Waals surface area contributed by atoms with Gasteiger partial charge in [-0.15, -0.1) is 0 Å². The molecule has 0 atom stereocenters. The molecule has 0 aliphatic carbocycles. The molecule has 0 aliphatic rings. The van der Waals surface area contributed by atoms with E-state index in [1.54, 1.807) is 13.8 Å². The quantitative estimate of drug-likeness (QED) is 0.348. The van der Waals surface area contributed by atoms with Crippen LogP contribution in [0.4, 0.5) is 0 Å². The molecule has 0 amide bonds. The second kappa shape index (κ2) is 8.07. The van der Waals surface area contributed by atoms with Gasteiger partial charge in [0.15, 0.2) is 0 Å². The molecule has 0 rings (SSSR count). The van der Waals surface area contributed by atoms with Crippen molar-refractivity contribution in [3.05, 3.63) is 0 Å². The fourth-order valence-corrected chi connectivity index (χ4v) is 0. The molecule has 0 spiro atoms. The Bertz CT molecular complexity index is 62.3. The Morgan fingerprint density at radius 1 is 1.50 bits per heavy atom. The van der Waals surface area contributed by atoms with Gasteiger partial charge in [0, 0.05) is 5.97 Å². The summed E-state index contributed by atoms with van der Waals surface area (Å²) >= 11 is 0. The maximum absolute atomic E-state index is 9.59. The van der Waals surface area contributed by atoms with Crippen LogP contribution in [0.3, 0.4) is 0 Å². The predicted octanol–water partition coefficient (Wildman–Crippen LogP) is -4.43. The van der Waals surface area contributed by atoms with Gasteiger partial charge in [-0.1, -0.05) is 13.8 Å². The SMILES string of the molecule is CC(C)C(=O)[O-].O.[K+]. The van der Waals surface area contributed by atoms with Crippen LogP contribution in [-0.2, 0) is 4.79 Å². The van der Waals surface area contributed by atoms with Gasteiger partial charge in [-0.3, -0.25) is 0 Å². The fourth-order valence-electron chi connectivity index (χ4n) is 0. The molecule has 0 aliphatic heterocycles. The van der Waals surface area contributed by atoms with Crippen LogP contribution in [-0.4, -0.2) is 11.4 Å². The predicted molar refractivity (Wildman–Crippen MR) is 23.5 cm³/mol. The zero-order chi connectivity index (χ0) is 5.15. The first-order chi connectivity index (χ1) is 2.64. The van der Waals surface area contributed by atoms with Crippen LogP contribution in [0.2, 0.25) is 0 Å². The average Bonchev–Trinajstić information content (AvgIpc) is 1.36. The number of carboxylic acids is 1. The minimum absolute atomic E-state index is 0. The Kier molecular flexibility index (Phi) is 16.2. The van der Waals surface area contributed by atoms with Gasteiger partial charge in [-0.25, -0.2) is 0 Å². The van der Waals surface area contributed by atoms with E-state index in [4.69, 9.17) is 0 Å². The van der Waals surface area contributed by atoms with E-state index in [1.807, 2.05) is 0 Å². The summed E-state index contributed by atoms with van der Waals surface area (Å²) in [7, 11) is 0. The van der Waals surface area contributed by atoms with E-state index in [2.05, 4.69) is 0 Å². The summed E-state index contributed by atoms with van der Waals surface area (Å²) in [6.07, 6.45) is 0. The van der Waals surface area contributed by atoms with Crippen LogP contribution in [0.15, 0.2) is 0 Å². The minimum atomic E-state index is -0.991. The normalized spacial score (nSPS) is 6.88. The van der Waals surface area contributed by atoms with Gasteiger partial charge in [0.05, 0.1) is 0 Å². The van der Waals surface area contributed by atoms with Crippen molar-refractivity contribution < 1.29 is 66.8 Å². The number of aliphatic carboxylic acids is 1. The Morgan fingerprint density at radius 3 is 1.62 bits per heavy atom. The van der Waals surface area contributed by atoms with E-state index in [0.717, 1.165) is 0 Å². The molecule has 0 radical (unpaired) electrons. The van der Waals surface area contributed by atoms with Crippen LogP contribution >= 0.6 is 0 Å². The molecule has 0 fully saturated rings. The molecule has 0 unspecified atom stereocenters. The van der Waals surface area contributed by atoms with Crippen LogP contribution in [0.5, 0.6) is 0 Å². The molecule has 0 aromatic rings. The molecule has 0 saturated heterocycles. The molecule has 4 heteroatoms.